The Hall–Kier alpha value is -1.55. The van der Waals surface area contributed by atoms with Crippen molar-refractivity contribution in [2.45, 2.75) is 33.7 Å². The van der Waals surface area contributed by atoms with Crippen molar-refractivity contribution >= 4 is 23.5 Å². The standard InChI is InChI=1S/C14H18ClNO3/c1-8-6-5-7-9(10(8)15)12(17)16-11(13(18)19)14(2,3)4/h5-7,11H,1-4H3,(H,16,17)(H,18,19)/t11-/m0/s1. The van der Waals surface area contributed by atoms with Crippen LogP contribution in [0.15, 0.2) is 18.2 Å². The molecular weight excluding hydrogens is 266 g/mol. The number of aliphatic carboxylic acids is 1. The van der Waals surface area contributed by atoms with Gasteiger partial charge in [0.15, 0.2) is 0 Å². The van der Waals surface area contributed by atoms with E-state index in [1.54, 1.807) is 45.9 Å². The highest BCUT2D eigenvalue weighted by molar-refractivity contribution is 6.34. The fourth-order valence-electron chi connectivity index (χ4n) is 1.68. The van der Waals surface area contributed by atoms with Gasteiger partial charge in [0.05, 0.1) is 10.6 Å². The minimum Gasteiger partial charge on any atom is -0.480 e. The molecule has 0 heterocycles. The molecule has 0 radical (unpaired) electrons. The van der Waals surface area contributed by atoms with Crippen LogP contribution in [0.5, 0.6) is 0 Å². The van der Waals surface area contributed by atoms with Gasteiger partial charge in [-0.25, -0.2) is 4.79 Å². The number of carboxylic acids is 1. The van der Waals surface area contributed by atoms with Gasteiger partial charge in [0.25, 0.3) is 5.91 Å². The number of hydrogen-bond acceptors (Lipinski definition) is 2. The van der Waals surface area contributed by atoms with Crippen LogP contribution in [0.4, 0.5) is 0 Å². The zero-order chi connectivity index (χ0) is 14.8. The van der Waals surface area contributed by atoms with Crippen LogP contribution in [0, 0.1) is 12.3 Å². The van der Waals surface area contributed by atoms with Gasteiger partial charge in [0, 0.05) is 0 Å². The van der Waals surface area contributed by atoms with Gasteiger partial charge in [0.2, 0.25) is 0 Å². The van der Waals surface area contributed by atoms with Crippen LogP contribution in [0.2, 0.25) is 5.02 Å². The quantitative estimate of drug-likeness (QED) is 0.896. The first-order valence-corrected chi connectivity index (χ1v) is 6.31. The predicted molar refractivity (Wildman–Crippen MR) is 74.5 cm³/mol. The second-order valence-corrected chi connectivity index (χ2v) is 5.93. The summed E-state index contributed by atoms with van der Waals surface area (Å²) >= 11 is 6.06. The molecule has 2 N–H and O–H groups in total. The van der Waals surface area contributed by atoms with Gasteiger partial charge in [0.1, 0.15) is 6.04 Å². The van der Waals surface area contributed by atoms with Crippen molar-refractivity contribution in [3.63, 3.8) is 0 Å². The summed E-state index contributed by atoms with van der Waals surface area (Å²) in [5.41, 5.74) is 0.478. The van der Waals surface area contributed by atoms with E-state index >= 15 is 0 Å². The first-order chi connectivity index (χ1) is 8.64. The molecule has 1 rings (SSSR count). The SMILES string of the molecule is Cc1cccc(C(=O)N[C@@H](C(=O)O)C(C)(C)C)c1Cl. The van der Waals surface area contributed by atoms with Crippen LogP contribution in [-0.4, -0.2) is 23.0 Å². The van der Waals surface area contributed by atoms with E-state index in [1.807, 2.05) is 0 Å². The molecule has 0 aliphatic carbocycles. The van der Waals surface area contributed by atoms with Gasteiger partial charge < -0.3 is 10.4 Å². The first-order valence-electron chi connectivity index (χ1n) is 5.93. The summed E-state index contributed by atoms with van der Waals surface area (Å²) in [6.07, 6.45) is 0. The number of amides is 1. The van der Waals surface area contributed by atoms with Crippen LogP contribution in [-0.2, 0) is 4.79 Å². The fourth-order valence-corrected chi connectivity index (χ4v) is 1.89. The van der Waals surface area contributed by atoms with Crippen LogP contribution in [0.25, 0.3) is 0 Å². The highest BCUT2D eigenvalue weighted by atomic mass is 35.5. The Morgan fingerprint density at radius 1 is 1.32 bits per heavy atom. The minimum atomic E-state index is -1.07. The molecule has 0 spiro atoms. The lowest BCUT2D eigenvalue weighted by atomic mass is 9.86. The normalized spacial score (nSPS) is 12.9. The molecule has 0 saturated carbocycles. The molecule has 0 unspecified atom stereocenters. The molecule has 0 aliphatic heterocycles. The van der Waals surface area contributed by atoms with E-state index < -0.39 is 23.3 Å². The molecule has 0 aromatic heterocycles. The van der Waals surface area contributed by atoms with E-state index in [-0.39, 0.29) is 5.56 Å². The molecule has 0 bridgehead atoms. The van der Waals surface area contributed by atoms with Gasteiger partial charge >= 0.3 is 5.97 Å². The Morgan fingerprint density at radius 3 is 2.37 bits per heavy atom. The van der Waals surface area contributed by atoms with Gasteiger partial charge in [-0.1, -0.05) is 44.5 Å². The minimum absolute atomic E-state index is 0.289. The van der Waals surface area contributed by atoms with E-state index in [1.165, 1.54) is 0 Å². The van der Waals surface area contributed by atoms with Crippen molar-refractivity contribution in [2.24, 2.45) is 5.41 Å². The second-order valence-electron chi connectivity index (χ2n) is 5.55. The number of hydrogen-bond donors (Lipinski definition) is 2. The molecule has 104 valence electrons. The fraction of sp³-hybridized carbons (Fsp3) is 0.429. The number of benzene rings is 1. The molecule has 1 aromatic carbocycles. The molecule has 1 amide bonds. The van der Waals surface area contributed by atoms with Crippen molar-refractivity contribution in [2.75, 3.05) is 0 Å². The second kappa shape index (κ2) is 5.61. The summed E-state index contributed by atoms with van der Waals surface area (Å²) in [4.78, 5) is 23.3. The van der Waals surface area contributed by atoms with E-state index in [4.69, 9.17) is 11.6 Å². The summed E-state index contributed by atoms with van der Waals surface area (Å²) in [7, 11) is 0. The Kier molecular flexibility index (Phi) is 4.58. The zero-order valence-electron chi connectivity index (χ0n) is 11.5. The number of nitrogens with one attached hydrogen (secondary N) is 1. The molecule has 5 heteroatoms. The molecule has 1 aromatic rings. The van der Waals surface area contributed by atoms with Crippen molar-refractivity contribution in [3.8, 4) is 0 Å². The van der Waals surface area contributed by atoms with E-state index in [2.05, 4.69) is 5.32 Å². The third kappa shape index (κ3) is 3.70. The summed E-state index contributed by atoms with van der Waals surface area (Å²) in [6, 6.07) is 4.10. The summed E-state index contributed by atoms with van der Waals surface area (Å²) in [5, 5.41) is 12.0. The number of rotatable bonds is 3. The van der Waals surface area contributed by atoms with Crippen molar-refractivity contribution in [1.29, 1.82) is 0 Å². The monoisotopic (exact) mass is 283 g/mol. The van der Waals surface area contributed by atoms with Gasteiger partial charge in [-0.05, 0) is 24.0 Å². The molecule has 0 fully saturated rings. The van der Waals surface area contributed by atoms with Crippen LogP contribution < -0.4 is 5.32 Å². The van der Waals surface area contributed by atoms with E-state index in [0.717, 1.165) is 5.56 Å². The van der Waals surface area contributed by atoms with Crippen LogP contribution >= 0.6 is 11.6 Å². The number of carbonyl (C=O) groups is 2. The highest BCUT2D eigenvalue weighted by Gasteiger charge is 2.33. The largest absolute Gasteiger partial charge is 0.480 e. The van der Waals surface area contributed by atoms with Crippen LogP contribution in [0.3, 0.4) is 0 Å². The van der Waals surface area contributed by atoms with E-state index in [0.29, 0.717) is 5.02 Å². The van der Waals surface area contributed by atoms with Gasteiger partial charge in [-0.15, -0.1) is 0 Å². The zero-order valence-corrected chi connectivity index (χ0v) is 12.2. The molecule has 0 aliphatic rings. The van der Waals surface area contributed by atoms with E-state index in [9.17, 15) is 14.7 Å². The average Bonchev–Trinajstić information content (AvgIpc) is 2.27. The maximum Gasteiger partial charge on any atom is 0.326 e. The summed E-state index contributed by atoms with van der Waals surface area (Å²) in [6.45, 7) is 7.05. The number of carbonyl (C=O) groups excluding carboxylic acids is 1. The topological polar surface area (TPSA) is 66.4 Å². The number of halogens is 1. The maximum absolute atomic E-state index is 12.1. The number of carboxylic acid groups (broad SMARTS) is 1. The van der Waals surface area contributed by atoms with Gasteiger partial charge in [-0.2, -0.15) is 0 Å². The van der Waals surface area contributed by atoms with Crippen molar-refractivity contribution < 1.29 is 14.7 Å². The number of aryl methyl sites for hydroxylation is 1. The smallest absolute Gasteiger partial charge is 0.326 e. The summed E-state index contributed by atoms with van der Waals surface area (Å²) in [5.74, 6) is -1.54. The molecular formula is C14H18ClNO3. The lowest BCUT2D eigenvalue weighted by Gasteiger charge is -2.27. The molecule has 4 nitrogen and oxygen atoms in total. The molecule has 19 heavy (non-hydrogen) atoms. The summed E-state index contributed by atoms with van der Waals surface area (Å²) < 4.78 is 0. The van der Waals surface area contributed by atoms with Crippen molar-refractivity contribution in [1.82, 2.24) is 5.32 Å². The average molecular weight is 284 g/mol. The van der Waals surface area contributed by atoms with Crippen molar-refractivity contribution in [3.05, 3.63) is 34.3 Å². The first kappa shape index (κ1) is 15.5. The molecule has 0 saturated heterocycles. The van der Waals surface area contributed by atoms with Gasteiger partial charge in [-0.3, -0.25) is 4.79 Å². The Morgan fingerprint density at radius 2 is 1.89 bits per heavy atom. The Balaban J connectivity index is 3.02. The maximum atomic E-state index is 12.1. The molecule has 1 atom stereocenters. The predicted octanol–water partition coefficient (Wildman–Crippen LogP) is 2.88. The third-order valence-corrected chi connectivity index (χ3v) is 3.33. The lowest BCUT2D eigenvalue weighted by molar-refractivity contribution is -0.142. The lowest BCUT2D eigenvalue weighted by Crippen LogP contribution is -2.49. The van der Waals surface area contributed by atoms with Crippen LogP contribution in [0.1, 0.15) is 36.7 Å². The highest BCUT2D eigenvalue weighted by Crippen LogP contribution is 2.23. The Bertz CT molecular complexity index is 506. The third-order valence-electron chi connectivity index (χ3n) is 2.82. The Labute approximate surface area is 117 Å².